The molecule has 1 aliphatic rings. The normalized spacial score (nSPS) is 16.0. The summed E-state index contributed by atoms with van der Waals surface area (Å²) < 4.78 is 41.5. The van der Waals surface area contributed by atoms with Crippen LogP contribution in [0, 0.1) is 0 Å². The Morgan fingerprint density at radius 1 is 0.714 bits per heavy atom. The van der Waals surface area contributed by atoms with Crippen molar-refractivity contribution in [1.29, 1.82) is 0 Å². The average molecular weight is 503 g/mol. The molecular formula is C30H31O3PS. The lowest BCUT2D eigenvalue weighted by Gasteiger charge is -2.33. The lowest BCUT2D eigenvalue weighted by Crippen LogP contribution is -2.35. The van der Waals surface area contributed by atoms with E-state index in [-0.39, 0.29) is 16.7 Å². The van der Waals surface area contributed by atoms with Crippen molar-refractivity contribution >= 4 is 38.5 Å². The van der Waals surface area contributed by atoms with Crippen LogP contribution in [-0.4, -0.2) is 18.9 Å². The topological polar surface area (TPSA) is 51.2 Å². The second-order valence-electron chi connectivity index (χ2n) is 9.46. The molecule has 180 valence electrons. The van der Waals surface area contributed by atoms with Gasteiger partial charge in [-0.05, 0) is 28.5 Å². The molecule has 3 nitrogen and oxygen atoms in total. The Hall–Kier alpha value is -2.94. The minimum atomic E-state index is -3.51. The minimum absolute atomic E-state index is 0.128. The average Bonchev–Trinajstić information content (AvgIpc) is 2.88. The van der Waals surface area contributed by atoms with Crippen molar-refractivity contribution < 1.29 is 13.0 Å². The van der Waals surface area contributed by atoms with Gasteiger partial charge in [-0.1, -0.05) is 125 Å². The third-order valence-corrected chi connectivity index (χ3v) is 11.0. The molecule has 0 saturated carbocycles. The van der Waals surface area contributed by atoms with Gasteiger partial charge in [-0.3, -0.25) is 0 Å². The third-order valence-electron chi connectivity index (χ3n) is 6.58. The summed E-state index contributed by atoms with van der Waals surface area (Å²) in [5.41, 5.74) is 2.54. The largest absolute Gasteiger partial charge is 0.313 e. The fraction of sp³-hybridized carbons (Fsp3) is 0.233. The van der Waals surface area contributed by atoms with Crippen LogP contribution in [0.1, 0.15) is 56.2 Å². The SMILES string of the molecule is CC(C)c1ccccc1P(=O)(c1ccccc1C(C)C)C1C=CC=C(c2ccccc2)C1=S(=O)=O. The number of hydrogen-bond donors (Lipinski definition) is 0. The minimum Gasteiger partial charge on any atom is -0.313 e. The first-order chi connectivity index (χ1) is 16.8. The van der Waals surface area contributed by atoms with Crippen LogP contribution >= 0.6 is 7.14 Å². The van der Waals surface area contributed by atoms with Gasteiger partial charge in [0.25, 0.3) is 0 Å². The molecule has 0 N–H and O–H groups in total. The van der Waals surface area contributed by atoms with Gasteiger partial charge < -0.3 is 4.57 Å². The van der Waals surface area contributed by atoms with Crippen molar-refractivity contribution in [3.63, 3.8) is 0 Å². The molecule has 0 fully saturated rings. The molecule has 1 aliphatic carbocycles. The highest BCUT2D eigenvalue weighted by molar-refractivity contribution is 7.83. The molecule has 3 aromatic rings. The maximum Gasteiger partial charge on any atom is 0.219 e. The van der Waals surface area contributed by atoms with Gasteiger partial charge in [0, 0.05) is 16.2 Å². The van der Waals surface area contributed by atoms with Crippen LogP contribution in [0.15, 0.2) is 97.1 Å². The Morgan fingerprint density at radius 2 is 1.20 bits per heavy atom. The van der Waals surface area contributed by atoms with Gasteiger partial charge in [-0.15, -0.1) is 0 Å². The van der Waals surface area contributed by atoms with Crippen LogP contribution in [-0.2, 0) is 14.9 Å². The molecule has 0 saturated heterocycles. The third kappa shape index (κ3) is 4.66. The molecule has 0 amide bonds. The summed E-state index contributed by atoms with van der Waals surface area (Å²) in [6.45, 7) is 8.33. The van der Waals surface area contributed by atoms with E-state index in [4.69, 9.17) is 0 Å². The Balaban J connectivity index is 2.09. The van der Waals surface area contributed by atoms with Gasteiger partial charge in [0.1, 0.15) is 0 Å². The number of rotatable bonds is 6. The standard InChI is InChI=1S/C30H31O3PS/c1-21(2)24-15-8-10-18-27(24)34(31,28-19-11-9-16-25(28)22(3)4)29-20-12-17-26(30(29)35(32)33)23-13-6-5-7-14-23/h5-22,29H,1-4H3. The summed E-state index contributed by atoms with van der Waals surface area (Å²) in [5.74, 6) is 0.257. The van der Waals surface area contributed by atoms with Crippen LogP contribution in [0.4, 0.5) is 0 Å². The first-order valence-corrected chi connectivity index (χ1v) is 14.8. The molecule has 0 bridgehead atoms. The van der Waals surface area contributed by atoms with E-state index in [9.17, 15) is 8.42 Å². The maximum atomic E-state index is 15.7. The van der Waals surface area contributed by atoms with Crippen LogP contribution in [0.2, 0.25) is 0 Å². The van der Waals surface area contributed by atoms with Crippen LogP contribution < -0.4 is 10.6 Å². The highest BCUT2D eigenvalue weighted by Crippen LogP contribution is 2.54. The van der Waals surface area contributed by atoms with Gasteiger partial charge in [0.15, 0.2) is 7.14 Å². The number of benzene rings is 3. The smallest absolute Gasteiger partial charge is 0.219 e. The van der Waals surface area contributed by atoms with Crippen LogP contribution in [0.25, 0.3) is 5.57 Å². The quantitative estimate of drug-likeness (QED) is 0.293. The summed E-state index contributed by atoms with van der Waals surface area (Å²) in [7, 11) is -6.07. The molecule has 4 rings (SSSR count). The Labute approximate surface area is 210 Å². The monoisotopic (exact) mass is 502 g/mol. The second-order valence-corrected chi connectivity index (χ2v) is 13.2. The van der Waals surface area contributed by atoms with E-state index in [2.05, 4.69) is 27.7 Å². The molecule has 5 heteroatoms. The fourth-order valence-electron chi connectivity index (χ4n) is 4.90. The Morgan fingerprint density at radius 3 is 1.69 bits per heavy atom. The highest BCUT2D eigenvalue weighted by atomic mass is 32.2. The molecular weight excluding hydrogens is 471 g/mol. The molecule has 0 radical (unpaired) electrons. The van der Waals surface area contributed by atoms with Gasteiger partial charge in [0.2, 0.25) is 10.3 Å². The van der Waals surface area contributed by atoms with E-state index in [1.807, 2.05) is 97.1 Å². The lowest BCUT2D eigenvalue weighted by molar-refractivity contribution is 0.586. The van der Waals surface area contributed by atoms with Crippen molar-refractivity contribution in [2.45, 2.75) is 45.2 Å². The molecule has 0 aliphatic heterocycles. The zero-order valence-electron chi connectivity index (χ0n) is 20.5. The molecule has 35 heavy (non-hydrogen) atoms. The van der Waals surface area contributed by atoms with Gasteiger partial charge in [-0.2, -0.15) is 8.42 Å². The first kappa shape index (κ1) is 25.2. The predicted octanol–water partition coefficient (Wildman–Crippen LogP) is 6.32. The van der Waals surface area contributed by atoms with E-state index in [1.54, 1.807) is 0 Å². The molecule has 1 atom stereocenters. The van der Waals surface area contributed by atoms with E-state index >= 15 is 4.57 Å². The molecule has 0 heterocycles. The molecule has 0 aromatic heterocycles. The number of hydrogen-bond acceptors (Lipinski definition) is 3. The maximum absolute atomic E-state index is 15.7. The predicted molar refractivity (Wildman–Crippen MR) is 149 cm³/mol. The summed E-state index contributed by atoms with van der Waals surface area (Å²) >= 11 is 0. The fourth-order valence-corrected chi connectivity index (χ4v) is 9.97. The van der Waals surface area contributed by atoms with E-state index in [0.29, 0.717) is 5.57 Å². The summed E-state index contributed by atoms with van der Waals surface area (Å²) in [6, 6.07) is 25.1. The zero-order valence-corrected chi connectivity index (χ0v) is 22.3. The van der Waals surface area contributed by atoms with Crippen LogP contribution in [0.5, 0.6) is 0 Å². The van der Waals surface area contributed by atoms with Crippen molar-refractivity contribution in [1.82, 2.24) is 0 Å². The van der Waals surface area contributed by atoms with Gasteiger partial charge in [-0.25, -0.2) is 0 Å². The van der Waals surface area contributed by atoms with Gasteiger partial charge >= 0.3 is 0 Å². The zero-order chi connectivity index (χ0) is 25.2. The summed E-state index contributed by atoms with van der Waals surface area (Å²) in [5, 5.41) is 1.46. The van der Waals surface area contributed by atoms with Crippen molar-refractivity contribution in [3.05, 3.63) is 114 Å². The summed E-state index contributed by atoms with van der Waals surface area (Å²) in [4.78, 5) is 0.180. The van der Waals surface area contributed by atoms with E-state index < -0.39 is 23.1 Å². The van der Waals surface area contributed by atoms with Crippen molar-refractivity contribution in [2.24, 2.45) is 0 Å². The number of allylic oxidation sites excluding steroid dienone is 4. The summed E-state index contributed by atoms with van der Waals surface area (Å²) in [6.07, 6.45) is 5.47. The van der Waals surface area contributed by atoms with E-state index in [0.717, 1.165) is 27.3 Å². The first-order valence-electron chi connectivity index (χ1n) is 12.0. The molecule has 3 aromatic carbocycles. The van der Waals surface area contributed by atoms with E-state index in [1.165, 1.54) is 0 Å². The Bertz CT molecular complexity index is 1420. The lowest BCUT2D eigenvalue weighted by atomic mass is 9.97. The second kappa shape index (κ2) is 10.4. The molecule has 1 unspecified atom stereocenters. The Kier molecular flexibility index (Phi) is 7.44. The highest BCUT2D eigenvalue weighted by Gasteiger charge is 2.43. The van der Waals surface area contributed by atoms with Crippen LogP contribution in [0.3, 0.4) is 0 Å². The van der Waals surface area contributed by atoms with Gasteiger partial charge in [0.05, 0.1) is 10.5 Å². The van der Waals surface area contributed by atoms with Crippen molar-refractivity contribution in [2.75, 3.05) is 0 Å². The van der Waals surface area contributed by atoms with Crippen molar-refractivity contribution in [3.8, 4) is 0 Å². The molecule has 0 spiro atoms.